The molecule has 1 heterocycles. The summed E-state index contributed by atoms with van der Waals surface area (Å²) in [5, 5.41) is 0. The smallest absolute Gasteiger partial charge is 0.124 e. The van der Waals surface area contributed by atoms with Gasteiger partial charge >= 0.3 is 0 Å². The molecule has 0 unspecified atom stereocenters. The molecule has 0 aliphatic rings. The molecule has 0 bridgehead atoms. The van der Waals surface area contributed by atoms with E-state index in [-0.39, 0.29) is 0 Å². The zero-order valence-corrected chi connectivity index (χ0v) is 12.4. The number of benzene rings is 1. The van der Waals surface area contributed by atoms with Gasteiger partial charge in [-0.3, -0.25) is 0 Å². The van der Waals surface area contributed by atoms with E-state index in [1.54, 1.807) is 7.11 Å². The Morgan fingerprint density at radius 2 is 2.21 bits per heavy atom. The average Bonchev–Trinajstić information content (AvgIpc) is 2.81. The summed E-state index contributed by atoms with van der Waals surface area (Å²) < 4.78 is 7.46. The van der Waals surface area contributed by atoms with Crippen LogP contribution in [-0.2, 0) is 12.4 Å². The van der Waals surface area contributed by atoms with Crippen molar-refractivity contribution in [1.82, 2.24) is 14.5 Å². The van der Waals surface area contributed by atoms with Crippen LogP contribution in [0.3, 0.4) is 0 Å². The Morgan fingerprint density at radius 1 is 1.42 bits per heavy atom. The molecule has 104 valence electrons. The largest absolute Gasteiger partial charge is 0.497 e. The van der Waals surface area contributed by atoms with Gasteiger partial charge < -0.3 is 14.2 Å². The molecule has 2 aromatic rings. The number of ether oxygens (including phenoxy) is 1. The molecule has 0 spiro atoms. The molecular formula is C14H20ClN3O. The van der Waals surface area contributed by atoms with E-state index in [0.29, 0.717) is 5.88 Å². The molecule has 0 aliphatic heterocycles. The minimum atomic E-state index is 0.423. The topological polar surface area (TPSA) is 30.3 Å². The van der Waals surface area contributed by atoms with Crippen molar-refractivity contribution in [2.24, 2.45) is 0 Å². The lowest BCUT2D eigenvalue weighted by atomic mass is 10.3. The molecular weight excluding hydrogens is 262 g/mol. The SMILES string of the molecule is CCN(C)CCn1c(CCl)nc2ccc(OC)cc21. The first-order valence-electron chi connectivity index (χ1n) is 6.47. The highest BCUT2D eigenvalue weighted by Gasteiger charge is 2.11. The second kappa shape index (κ2) is 6.26. The van der Waals surface area contributed by atoms with E-state index in [0.717, 1.165) is 42.2 Å². The summed E-state index contributed by atoms with van der Waals surface area (Å²) >= 11 is 6.00. The van der Waals surface area contributed by atoms with E-state index in [1.807, 2.05) is 18.2 Å². The lowest BCUT2D eigenvalue weighted by molar-refractivity contribution is 0.335. The van der Waals surface area contributed by atoms with Gasteiger partial charge in [-0.25, -0.2) is 4.98 Å². The van der Waals surface area contributed by atoms with E-state index >= 15 is 0 Å². The molecule has 19 heavy (non-hydrogen) atoms. The molecule has 0 atom stereocenters. The van der Waals surface area contributed by atoms with Crippen LogP contribution in [0.5, 0.6) is 5.75 Å². The molecule has 1 aromatic carbocycles. The third-order valence-corrected chi connectivity index (χ3v) is 3.64. The van der Waals surface area contributed by atoms with Gasteiger partial charge in [0.2, 0.25) is 0 Å². The first-order chi connectivity index (χ1) is 9.19. The summed E-state index contributed by atoms with van der Waals surface area (Å²) in [5.74, 6) is 2.18. The number of hydrogen-bond acceptors (Lipinski definition) is 3. The maximum atomic E-state index is 6.00. The van der Waals surface area contributed by atoms with Gasteiger partial charge in [-0.2, -0.15) is 0 Å². The lowest BCUT2D eigenvalue weighted by Gasteiger charge is -2.15. The van der Waals surface area contributed by atoms with Gasteiger partial charge in [0.15, 0.2) is 0 Å². The number of methoxy groups -OCH3 is 1. The molecule has 0 saturated carbocycles. The van der Waals surface area contributed by atoms with E-state index < -0.39 is 0 Å². The van der Waals surface area contributed by atoms with Crippen molar-refractivity contribution in [3.05, 3.63) is 24.0 Å². The van der Waals surface area contributed by atoms with Gasteiger partial charge in [0.1, 0.15) is 11.6 Å². The number of hydrogen-bond donors (Lipinski definition) is 0. The highest BCUT2D eigenvalue weighted by Crippen LogP contribution is 2.22. The number of aromatic nitrogens is 2. The molecule has 0 N–H and O–H groups in total. The van der Waals surface area contributed by atoms with E-state index in [9.17, 15) is 0 Å². The number of halogens is 1. The van der Waals surface area contributed by atoms with Crippen LogP contribution >= 0.6 is 11.6 Å². The van der Waals surface area contributed by atoms with Gasteiger partial charge in [-0.1, -0.05) is 6.92 Å². The van der Waals surface area contributed by atoms with Crippen LogP contribution in [0.2, 0.25) is 0 Å². The molecule has 5 heteroatoms. The fourth-order valence-electron chi connectivity index (χ4n) is 2.06. The summed E-state index contributed by atoms with van der Waals surface area (Å²) in [6.07, 6.45) is 0. The normalized spacial score (nSPS) is 11.4. The Bertz CT molecular complexity index is 553. The Kier molecular flexibility index (Phi) is 4.66. The maximum absolute atomic E-state index is 6.00. The Hall–Kier alpha value is -1.26. The lowest BCUT2D eigenvalue weighted by Crippen LogP contribution is -2.23. The van der Waals surface area contributed by atoms with E-state index in [1.165, 1.54) is 0 Å². The van der Waals surface area contributed by atoms with Crippen LogP contribution < -0.4 is 4.74 Å². The summed E-state index contributed by atoms with van der Waals surface area (Å²) in [7, 11) is 3.79. The summed E-state index contributed by atoms with van der Waals surface area (Å²) in [6, 6.07) is 5.92. The molecule has 0 aliphatic carbocycles. The van der Waals surface area contributed by atoms with Crippen molar-refractivity contribution >= 4 is 22.6 Å². The van der Waals surface area contributed by atoms with Crippen LogP contribution in [0.25, 0.3) is 11.0 Å². The minimum Gasteiger partial charge on any atom is -0.497 e. The second-order valence-corrected chi connectivity index (χ2v) is 4.83. The molecule has 0 fully saturated rings. The number of alkyl halides is 1. The van der Waals surface area contributed by atoms with Crippen molar-refractivity contribution in [2.45, 2.75) is 19.3 Å². The fourth-order valence-corrected chi connectivity index (χ4v) is 2.26. The molecule has 0 saturated heterocycles. The van der Waals surface area contributed by atoms with Gasteiger partial charge in [0.05, 0.1) is 24.0 Å². The van der Waals surface area contributed by atoms with Gasteiger partial charge in [0, 0.05) is 19.2 Å². The Labute approximate surface area is 118 Å². The van der Waals surface area contributed by atoms with Crippen molar-refractivity contribution in [3.63, 3.8) is 0 Å². The minimum absolute atomic E-state index is 0.423. The highest BCUT2D eigenvalue weighted by atomic mass is 35.5. The molecule has 0 radical (unpaired) electrons. The monoisotopic (exact) mass is 281 g/mol. The van der Waals surface area contributed by atoms with Crippen LogP contribution in [0.15, 0.2) is 18.2 Å². The fraction of sp³-hybridized carbons (Fsp3) is 0.500. The van der Waals surface area contributed by atoms with Crippen molar-refractivity contribution < 1.29 is 4.74 Å². The van der Waals surface area contributed by atoms with Gasteiger partial charge in [-0.05, 0) is 25.7 Å². The van der Waals surface area contributed by atoms with Crippen LogP contribution in [0, 0.1) is 0 Å². The average molecular weight is 282 g/mol. The summed E-state index contributed by atoms with van der Waals surface area (Å²) in [4.78, 5) is 6.84. The van der Waals surface area contributed by atoms with Crippen molar-refractivity contribution in [2.75, 3.05) is 27.2 Å². The third kappa shape index (κ3) is 3.01. The predicted molar refractivity (Wildman–Crippen MR) is 79.0 cm³/mol. The molecule has 4 nitrogen and oxygen atoms in total. The quantitative estimate of drug-likeness (QED) is 0.763. The number of likely N-dealkylation sites (N-methyl/N-ethyl adjacent to an activating group) is 1. The Balaban J connectivity index is 2.37. The molecule has 1 aromatic heterocycles. The summed E-state index contributed by atoms with van der Waals surface area (Å²) in [6.45, 7) is 5.04. The first-order valence-corrected chi connectivity index (χ1v) is 7.00. The highest BCUT2D eigenvalue weighted by molar-refractivity contribution is 6.16. The Morgan fingerprint density at radius 3 is 2.84 bits per heavy atom. The van der Waals surface area contributed by atoms with Crippen LogP contribution in [0.1, 0.15) is 12.7 Å². The molecule has 2 rings (SSSR count). The standard InChI is InChI=1S/C14H20ClN3O/c1-4-17(2)7-8-18-13-9-11(19-3)5-6-12(13)16-14(18)10-15/h5-6,9H,4,7-8,10H2,1-3H3. The van der Waals surface area contributed by atoms with Crippen LogP contribution in [-0.4, -0.2) is 41.7 Å². The first kappa shape index (κ1) is 14.2. The second-order valence-electron chi connectivity index (χ2n) is 4.56. The zero-order chi connectivity index (χ0) is 13.8. The maximum Gasteiger partial charge on any atom is 0.124 e. The van der Waals surface area contributed by atoms with Crippen molar-refractivity contribution in [1.29, 1.82) is 0 Å². The number of fused-ring (bicyclic) bond motifs is 1. The van der Waals surface area contributed by atoms with Crippen molar-refractivity contribution in [3.8, 4) is 5.75 Å². The van der Waals surface area contributed by atoms with E-state index in [4.69, 9.17) is 16.3 Å². The summed E-state index contributed by atoms with van der Waals surface area (Å²) in [5.41, 5.74) is 2.05. The number of nitrogens with zero attached hydrogens (tertiary/aromatic N) is 3. The van der Waals surface area contributed by atoms with Gasteiger partial charge in [0.25, 0.3) is 0 Å². The number of imidazole rings is 1. The van der Waals surface area contributed by atoms with Gasteiger partial charge in [-0.15, -0.1) is 11.6 Å². The van der Waals surface area contributed by atoms with E-state index in [2.05, 4.69) is 28.4 Å². The number of rotatable bonds is 6. The predicted octanol–water partition coefficient (Wildman–Crippen LogP) is 2.74. The van der Waals surface area contributed by atoms with Crippen LogP contribution in [0.4, 0.5) is 0 Å². The third-order valence-electron chi connectivity index (χ3n) is 3.40. The molecule has 0 amide bonds. The zero-order valence-electron chi connectivity index (χ0n) is 11.7.